The van der Waals surface area contributed by atoms with Gasteiger partial charge in [0.1, 0.15) is 5.76 Å². The van der Waals surface area contributed by atoms with Crippen LogP contribution in [-0.4, -0.2) is 13.5 Å². The molecule has 27 heavy (non-hydrogen) atoms. The van der Waals surface area contributed by atoms with Crippen molar-refractivity contribution in [1.29, 1.82) is 0 Å². The summed E-state index contributed by atoms with van der Waals surface area (Å²) in [5, 5.41) is 9.90. The zero-order valence-electron chi connectivity index (χ0n) is 15.2. The zero-order chi connectivity index (χ0) is 19.4. The Morgan fingerprint density at radius 2 is 1.63 bits per heavy atom. The molecular weight excluding hydrogens is 356 g/mol. The highest BCUT2D eigenvalue weighted by Crippen LogP contribution is 2.27. The lowest BCUT2D eigenvalue weighted by Crippen LogP contribution is -2.09. The highest BCUT2D eigenvalue weighted by Gasteiger charge is 2.17. The molecule has 0 atom stereocenters. The van der Waals surface area contributed by atoms with Crippen LogP contribution in [0.2, 0.25) is 0 Å². The molecule has 0 bridgehead atoms. The van der Waals surface area contributed by atoms with Crippen LogP contribution in [0.15, 0.2) is 79.4 Å². The van der Waals surface area contributed by atoms with Crippen molar-refractivity contribution >= 4 is 15.6 Å². The lowest BCUT2D eigenvalue weighted by atomic mass is 9.99. The Hall–Kier alpha value is -2.85. The average Bonchev–Trinajstić information content (AvgIpc) is 2.61. The van der Waals surface area contributed by atoms with Crippen molar-refractivity contribution in [2.75, 3.05) is 0 Å². The quantitative estimate of drug-likeness (QED) is 0.592. The van der Waals surface area contributed by atoms with E-state index in [2.05, 4.69) is 6.58 Å². The maximum absolute atomic E-state index is 12.8. The van der Waals surface area contributed by atoms with Gasteiger partial charge in [-0.15, -0.1) is 0 Å². The average molecular weight is 378 g/mol. The van der Waals surface area contributed by atoms with Crippen molar-refractivity contribution in [2.45, 2.75) is 18.4 Å². The molecule has 4 heteroatoms. The number of aryl methyl sites for hydroxylation is 1. The van der Waals surface area contributed by atoms with E-state index in [1.54, 1.807) is 6.07 Å². The second kappa shape index (κ2) is 7.80. The van der Waals surface area contributed by atoms with E-state index >= 15 is 0 Å². The third-order valence-corrected chi connectivity index (χ3v) is 5.89. The number of rotatable bonds is 6. The van der Waals surface area contributed by atoms with Gasteiger partial charge in [-0.25, -0.2) is 8.42 Å². The van der Waals surface area contributed by atoms with Gasteiger partial charge in [0.15, 0.2) is 9.84 Å². The summed E-state index contributed by atoms with van der Waals surface area (Å²) in [4.78, 5) is 0. The smallest absolute Gasteiger partial charge is 0.158 e. The molecule has 0 saturated carbocycles. The molecule has 1 N–H and O–H groups in total. The molecule has 3 rings (SSSR count). The third-order valence-electron chi connectivity index (χ3n) is 4.37. The summed E-state index contributed by atoms with van der Waals surface area (Å²) >= 11 is 0. The summed E-state index contributed by atoms with van der Waals surface area (Å²) in [5.74, 6) is -0.326. The highest BCUT2D eigenvalue weighted by molar-refractivity contribution is 7.89. The number of sulfone groups is 1. The molecule has 0 saturated heterocycles. The monoisotopic (exact) mass is 378 g/mol. The van der Waals surface area contributed by atoms with Crippen molar-refractivity contribution in [3.8, 4) is 11.1 Å². The van der Waals surface area contributed by atoms with Gasteiger partial charge in [0.25, 0.3) is 0 Å². The molecule has 3 nitrogen and oxygen atoms in total. The maximum Gasteiger partial charge on any atom is 0.158 e. The summed E-state index contributed by atoms with van der Waals surface area (Å²) in [7, 11) is -3.41. The Labute approximate surface area is 160 Å². The van der Waals surface area contributed by atoms with Crippen LogP contribution in [0.3, 0.4) is 0 Å². The minimum Gasteiger partial charge on any atom is -0.508 e. The van der Waals surface area contributed by atoms with Crippen LogP contribution in [0.5, 0.6) is 0 Å². The first-order valence-electron chi connectivity index (χ1n) is 8.67. The third kappa shape index (κ3) is 4.86. The van der Waals surface area contributed by atoms with Crippen molar-refractivity contribution in [2.24, 2.45) is 0 Å². The van der Waals surface area contributed by atoms with Crippen molar-refractivity contribution in [3.05, 3.63) is 102 Å². The molecule has 0 aliphatic rings. The van der Waals surface area contributed by atoms with Crippen molar-refractivity contribution < 1.29 is 13.5 Å². The predicted molar refractivity (Wildman–Crippen MR) is 111 cm³/mol. The Bertz CT molecular complexity index is 1070. The molecule has 0 unspecified atom stereocenters. The molecule has 0 aliphatic heterocycles. The molecule has 0 fully saturated rings. The summed E-state index contributed by atoms with van der Waals surface area (Å²) in [6.07, 6.45) is 0. The number of aliphatic hydroxyl groups is 1. The fourth-order valence-electron chi connectivity index (χ4n) is 3.15. The van der Waals surface area contributed by atoms with Crippen molar-refractivity contribution in [3.63, 3.8) is 0 Å². The van der Waals surface area contributed by atoms with E-state index in [9.17, 15) is 13.5 Å². The lowest BCUT2D eigenvalue weighted by molar-refractivity contribution is 0.513. The van der Waals surface area contributed by atoms with Gasteiger partial charge in [-0.3, -0.25) is 0 Å². The first-order chi connectivity index (χ1) is 12.8. The minimum absolute atomic E-state index is 0.0401. The molecule has 0 spiro atoms. The molecular formula is C23H22O3S. The fourth-order valence-corrected chi connectivity index (χ4v) is 4.65. The summed E-state index contributed by atoms with van der Waals surface area (Å²) in [6.45, 7) is 5.51. The van der Waals surface area contributed by atoms with Crippen LogP contribution in [-0.2, 0) is 21.3 Å². The molecule has 0 amide bonds. The SMILES string of the molecule is C=C(O)c1ccc(-c2ccccc2)cc1CS(=O)(=O)Cc1cccc(C)c1. The number of hydrogen-bond donors (Lipinski definition) is 1. The molecule has 0 radical (unpaired) electrons. The molecule has 0 aliphatic carbocycles. The van der Waals surface area contributed by atoms with E-state index in [0.29, 0.717) is 11.1 Å². The molecule has 0 heterocycles. The summed E-state index contributed by atoms with van der Waals surface area (Å²) in [5.41, 5.74) is 4.70. The Balaban J connectivity index is 1.95. The van der Waals surface area contributed by atoms with Gasteiger partial charge in [0.05, 0.1) is 11.5 Å². The van der Waals surface area contributed by atoms with Gasteiger partial charge in [0.2, 0.25) is 0 Å². The first kappa shape index (κ1) is 18.9. The van der Waals surface area contributed by atoms with Gasteiger partial charge < -0.3 is 5.11 Å². The lowest BCUT2D eigenvalue weighted by Gasteiger charge is -2.12. The van der Waals surface area contributed by atoms with Gasteiger partial charge >= 0.3 is 0 Å². The van der Waals surface area contributed by atoms with Gasteiger partial charge in [0, 0.05) is 5.56 Å². The normalized spacial score (nSPS) is 11.3. The minimum atomic E-state index is -3.41. The maximum atomic E-state index is 12.8. The number of hydrogen-bond acceptors (Lipinski definition) is 3. The Morgan fingerprint density at radius 3 is 2.30 bits per heavy atom. The van der Waals surface area contributed by atoms with E-state index in [1.165, 1.54) is 0 Å². The molecule has 3 aromatic rings. The number of aliphatic hydroxyl groups excluding tert-OH is 1. The first-order valence-corrected chi connectivity index (χ1v) is 10.5. The fraction of sp³-hybridized carbons (Fsp3) is 0.130. The van der Waals surface area contributed by atoms with Gasteiger partial charge in [-0.1, -0.05) is 78.9 Å². The van der Waals surface area contributed by atoms with E-state index < -0.39 is 9.84 Å². The van der Waals surface area contributed by atoms with Crippen LogP contribution >= 0.6 is 0 Å². The standard InChI is InChI=1S/C23H22O3S/c1-17-7-6-8-19(13-17)15-27(25,26)16-22-14-21(11-12-23(22)18(2)24)20-9-4-3-5-10-20/h3-14,24H,2,15-16H2,1H3. The zero-order valence-corrected chi connectivity index (χ0v) is 16.0. The van der Waals surface area contributed by atoms with E-state index in [0.717, 1.165) is 22.3 Å². The van der Waals surface area contributed by atoms with Crippen LogP contribution in [0.4, 0.5) is 0 Å². The second-order valence-corrected chi connectivity index (χ2v) is 8.77. The highest BCUT2D eigenvalue weighted by atomic mass is 32.2. The van der Waals surface area contributed by atoms with E-state index in [-0.39, 0.29) is 17.3 Å². The topological polar surface area (TPSA) is 54.4 Å². The van der Waals surface area contributed by atoms with Crippen molar-refractivity contribution in [1.82, 2.24) is 0 Å². The van der Waals surface area contributed by atoms with Crippen LogP contribution < -0.4 is 0 Å². The Kier molecular flexibility index (Phi) is 5.47. The van der Waals surface area contributed by atoms with Gasteiger partial charge in [-0.05, 0) is 35.2 Å². The van der Waals surface area contributed by atoms with E-state index in [1.807, 2.05) is 73.7 Å². The van der Waals surface area contributed by atoms with Gasteiger partial charge in [-0.2, -0.15) is 0 Å². The van der Waals surface area contributed by atoms with Crippen LogP contribution in [0, 0.1) is 6.92 Å². The van der Waals surface area contributed by atoms with E-state index in [4.69, 9.17) is 0 Å². The predicted octanol–water partition coefficient (Wildman–Crippen LogP) is 5.31. The van der Waals surface area contributed by atoms with Crippen LogP contribution in [0.1, 0.15) is 22.3 Å². The molecule has 138 valence electrons. The summed E-state index contributed by atoms with van der Waals surface area (Å²) in [6, 6.07) is 22.6. The molecule has 0 aromatic heterocycles. The Morgan fingerprint density at radius 1 is 0.889 bits per heavy atom. The largest absolute Gasteiger partial charge is 0.508 e. The summed E-state index contributed by atoms with van der Waals surface area (Å²) < 4.78 is 25.6. The number of benzene rings is 3. The second-order valence-electron chi connectivity index (χ2n) is 6.71. The molecule has 3 aromatic carbocycles. The van der Waals surface area contributed by atoms with Crippen LogP contribution in [0.25, 0.3) is 16.9 Å².